The Morgan fingerprint density at radius 2 is 1.79 bits per heavy atom. The highest BCUT2D eigenvalue weighted by Gasteiger charge is 2.55. The molecule has 1 heterocycles. The van der Waals surface area contributed by atoms with Crippen LogP contribution in [-0.2, 0) is 14.8 Å². The third-order valence-electron chi connectivity index (χ3n) is 9.19. The van der Waals surface area contributed by atoms with E-state index in [2.05, 4.69) is 32.6 Å². The lowest BCUT2D eigenvalue weighted by atomic mass is 9.72. The smallest absolute Gasteiger partial charge is 0.217 e. The Labute approximate surface area is 201 Å². The van der Waals surface area contributed by atoms with Gasteiger partial charge in [-0.3, -0.25) is 4.79 Å². The number of allylic oxidation sites excluding steroid dienone is 4. The molecular formula is C27H44N2O3S. The summed E-state index contributed by atoms with van der Waals surface area (Å²) in [4.78, 5) is 12.8. The van der Waals surface area contributed by atoms with Gasteiger partial charge in [-0.25, -0.2) is 8.42 Å². The molecule has 5 rings (SSSR count). The van der Waals surface area contributed by atoms with Gasteiger partial charge < -0.3 is 5.73 Å². The Kier molecular flexibility index (Phi) is 7.29. The normalized spacial score (nSPS) is 40.7. The van der Waals surface area contributed by atoms with Gasteiger partial charge in [0.1, 0.15) is 5.78 Å². The fourth-order valence-corrected chi connectivity index (χ4v) is 10.4. The third kappa shape index (κ3) is 4.18. The van der Waals surface area contributed by atoms with E-state index in [1.165, 1.54) is 31.0 Å². The fourth-order valence-electron chi connectivity index (χ4n) is 7.57. The van der Waals surface area contributed by atoms with Gasteiger partial charge in [0, 0.05) is 30.3 Å². The lowest BCUT2D eigenvalue weighted by Crippen LogP contribution is -2.62. The van der Waals surface area contributed by atoms with Gasteiger partial charge >= 0.3 is 0 Å². The minimum atomic E-state index is -3.44. The molecule has 3 saturated carbocycles. The van der Waals surface area contributed by atoms with Crippen molar-refractivity contribution in [2.24, 2.45) is 35.3 Å². The first-order valence-corrected chi connectivity index (χ1v) is 14.8. The van der Waals surface area contributed by atoms with E-state index in [4.69, 9.17) is 0 Å². The van der Waals surface area contributed by atoms with Crippen LogP contribution in [-0.4, -0.2) is 42.9 Å². The number of piperidine rings is 1. The molecule has 8 unspecified atom stereocenters. The number of hydrogen-bond donors (Lipinski definition) is 1. The van der Waals surface area contributed by atoms with Crippen molar-refractivity contribution in [3.8, 4) is 0 Å². The lowest BCUT2D eigenvalue weighted by molar-refractivity contribution is -0.131. The average Bonchev–Trinajstić information content (AvgIpc) is 3.38. The first-order valence-electron chi connectivity index (χ1n) is 13.3. The molecule has 0 radical (unpaired) electrons. The van der Waals surface area contributed by atoms with Crippen LogP contribution >= 0.6 is 0 Å². The molecule has 1 aliphatic heterocycles. The van der Waals surface area contributed by atoms with Gasteiger partial charge in [-0.1, -0.05) is 39.7 Å². The molecule has 0 aromatic carbocycles. The largest absolute Gasteiger partial charge is 0.333 e. The van der Waals surface area contributed by atoms with Crippen molar-refractivity contribution in [1.82, 2.24) is 4.31 Å². The second-order valence-electron chi connectivity index (χ2n) is 11.3. The highest BCUT2D eigenvalue weighted by molar-refractivity contribution is 7.89. The Morgan fingerprint density at radius 1 is 1.06 bits per heavy atom. The zero-order valence-corrected chi connectivity index (χ0v) is 22.0. The molecule has 0 amide bonds. The molecule has 5 aliphatic rings. The molecule has 8 atom stereocenters. The number of fused-ring (bicyclic) bond motifs is 2. The first-order chi connectivity index (χ1) is 15.8. The summed E-state index contributed by atoms with van der Waals surface area (Å²) in [6.07, 6.45) is 11.0. The van der Waals surface area contributed by atoms with Crippen molar-refractivity contribution in [1.29, 1.82) is 0 Å². The SMILES string of the molecule is CCCC1=C2C(=C1)C2C1CCC(C)C(S(=O)(=O)N2C(C)CC(=O)C3CCCC(C)C32)C1.CN. The summed E-state index contributed by atoms with van der Waals surface area (Å²) < 4.78 is 30.2. The van der Waals surface area contributed by atoms with E-state index in [1.807, 2.05) is 11.2 Å². The van der Waals surface area contributed by atoms with Crippen LogP contribution in [0, 0.1) is 29.6 Å². The summed E-state index contributed by atoms with van der Waals surface area (Å²) in [6.45, 7) is 8.49. The maximum atomic E-state index is 14.2. The first kappa shape index (κ1) is 25.1. The number of nitrogens with zero attached hydrogens (tertiary/aromatic N) is 1. The van der Waals surface area contributed by atoms with Crippen LogP contribution in [0.3, 0.4) is 0 Å². The van der Waals surface area contributed by atoms with Crippen LogP contribution in [0.1, 0.15) is 85.5 Å². The molecule has 33 heavy (non-hydrogen) atoms. The summed E-state index contributed by atoms with van der Waals surface area (Å²) in [6, 6.07) is -0.327. The number of hydrogen-bond acceptors (Lipinski definition) is 4. The molecule has 0 bridgehead atoms. The Morgan fingerprint density at radius 3 is 2.48 bits per heavy atom. The number of carbonyl (C=O) groups is 1. The van der Waals surface area contributed by atoms with E-state index in [1.54, 1.807) is 5.57 Å². The van der Waals surface area contributed by atoms with E-state index in [0.29, 0.717) is 24.0 Å². The van der Waals surface area contributed by atoms with Crippen LogP contribution < -0.4 is 5.73 Å². The minimum absolute atomic E-state index is 0.0874. The number of rotatable bonds is 5. The van der Waals surface area contributed by atoms with E-state index >= 15 is 0 Å². The van der Waals surface area contributed by atoms with Crippen molar-refractivity contribution >= 4 is 15.8 Å². The highest BCUT2D eigenvalue weighted by Crippen LogP contribution is 2.62. The molecule has 0 aromatic heterocycles. The lowest BCUT2D eigenvalue weighted by Gasteiger charge is -2.50. The molecule has 4 aliphatic carbocycles. The zero-order chi connectivity index (χ0) is 24.1. The van der Waals surface area contributed by atoms with Crippen LogP contribution in [0.15, 0.2) is 22.8 Å². The number of Topliss-reactive ketones (excluding diaryl/α,β-unsaturated/α-hetero) is 1. The van der Waals surface area contributed by atoms with Crippen LogP contribution in [0.2, 0.25) is 0 Å². The van der Waals surface area contributed by atoms with E-state index in [-0.39, 0.29) is 35.1 Å². The second-order valence-corrected chi connectivity index (χ2v) is 13.3. The predicted octanol–water partition coefficient (Wildman–Crippen LogP) is 4.83. The van der Waals surface area contributed by atoms with Crippen molar-refractivity contribution in [2.45, 2.75) is 103 Å². The topological polar surface area (TPSA) is 80.5 Å². The van der Waals surface area contributed by atoms with E-state index in [9.17, 15) is 13.2 Å². The van der Waals surface area contributed by atoms with Gasteiger partial charge in [-0.2, -0.15) is 4.31 Å². The molecule has 0 spiro atoms. The van der Waals surface area contributed by atoms with Crippen molar-refractivity contribution in [3.63, 3.8) is 0 Å². The molecule has 0 aromatic rings. The minimum Gasteiger partial charge on any atom is -0.333 e. The standard InChI is InChI=1S/C26H39NO3S.CH5N/c1-5-7-18-13-21-24(18)25(21)19-11-10-15(2)23(14-19)31(29,30)27-17(4)12-22(28)20-9-6-8-16(3)26(20)27;1-2/h13,15-17,19-20,23,25-26H,5-12,14H2,1-4H3;2H2,1H3. The fraction of sp³-hybridized carbons (Fsp3) is 0.815. The van der Waals surface area contributed by atoms with Crippen molar-refractivity contribution in [3.05, 3.63) is 22.8 Å². The summed E-state index contributed by atoms with van der Waals surface area (Å²) in [5.74, 6) is 1.69. The molecule has 6 heteroatoms. The van der Waals surface area contributed by atoms with E-state index in [0.717, 1.165) is 38.5 Å². The van der Waals surface area contributed by atoms with E-state index < -0.39 is 10.0 Å². The summed E-state index contributed by atoms with van der Waals surface area (Å²) in [7, 11) is -1.94. The predicted molar refractivity (Wildman–Crippen MR) is 134 cm³/mol. The molecule has 1 saturated heterocycles. The number of ketones is 1. The van der Waals surface area contributed by atoms with Crippen LogP contribution in [0.25, 0.3) is 0 Å². The van der Waals surface area contributed by atoms with Crippen LogP contribution in [0.5, 0.6) is 0 Å². The summed E-state index contributed by atoms with van der Waals surface area (Å²) in [5.41, 5.74) is 9.13. The Bertz CT molecular complexity index is 937. The maximum Gasteiger partial charge on any atom is 0.217 e. The van der Waals surface area contributed by atoms with Crippen molar-refractivity contribution in [2.75, 3.05) is 7.05 Å². The number of carbonyl (C=O) groups excluding carboxylic acids is 1. The molecule has 2 N–H and O–H groups in total. The second kappa shape index (κ2) is 9.58. The van der Waals surface area contributed by atoms with Gasteiger partial charge in [0.15, 0.2) is 0 Å². The van der Waals surface area contributed by atoms with Gasteiger partial charge in [-0.05, 0) is 87.0 Å². The molecular weight excluding hydrogens is 432 g/mol. The van der Waals surface area contributed by atoms with Crippen LogP contribution in [0.4, 0.5) is 0 Å². The average molecular weight is 477 g/mol. The number of sulfonamides is 1. The van der Waals surface area contributed by atoms with Gasteiger partial charge in [0.25, 0.3) is 0 Å². The molecule has 5 nitrogen and oxygen atoms in total. The Balaban J connectivity index is 0.00000126. The molecule has 186 valence electrons. The van der Waals surface area contributed by atoms with Gasteiger partial charge in [0.2, 0.25) is 10.0 Å². The van der Waals surface area contributed by atoms with Gasteiger partial charge in [0.05, 0.1) is 5.25 Å². The third-order valence-corrected chi connectivity index (χ3v) is 11.8. The van der Waals surface area contributed by atoms with Gasteiger partial charge in [-0.15, -0.1) is 0 Å². The quantitative estimate of drug-likeness (QED) is 0.616. The number of nitrogens with two attached hydrogens (primary N) is 1. The summed E-state index contributed by atoms with van der Waals surface area (Å²) in [5, 5.41) is -0.299. The summed E-state index contributed by atoms with van der Waals surface area (Å²) >= 11 is 0. The monoisotopic (exact) mass is 476 g/mol. The zero-order valence-electron chi connectivity index (χ0n) is 21.2. The van der Waals surface area contributed by atoms with Crippen molar-refractivity contribution < 1.29 is 13.2 Å². The Hall–Kier alpha value is -0.980. The highest BCUT2D eigenvalue weighted by atomic mass is 32.2. The maximum absolute atomic E-state index is 14.2. The molecule has 4 fully saturated rings.